The highest BCUT2D eigenvalue weighted by molar-refractivity contribution is 14.1. The highest BCUT2D eigenvalue weighted by Crippen LogP contribution is 2.32. The van der Waals surface area contributed by atoms with Crippen molar-refractivity contribution < 1.29 is 15.2 Å². The van der Waals surface area contributed by atoms with Crippen LogP contribution in [0.1, 0.15) is 38.9 Å². The highest BCUT2D eigenvalue weighted by Gasteiger charge is 2.36. The van der Waals surface area contributed by atoms with E-state index in [-0.39, 0.29) is 12.4 Å². The van der Waals surface area contributed by atoms with Gasteiger partial charge in [-0.3, -0.25) is 0 Å². The van der Waals surface area contributed by atoms with Crippen molar-refractivity contribution in [2.24, 2.45) is 0 Å². The van der Waals surface area contributed by atoms with Crippen LogP contribution in [0.5, 0.6) is 0 Å². The molecule has 0 amide bonds. The first-order valence-corrected chi connectivity index (χ1v) is 9.50. The number of anilines is 1. The van der Waals surface area contributed by atoms with E-state index in [0.717, 1.165) is 13.1 Å². The Balaban J connectivity index is 0.00000225. The van der Waals surface area contributed by atoms with Crippen molar-refractivity contribution in [2.75, 3.05) is 18.0 Å². The van der Waals surface area contributed by atoms with Gasteiger partial charge >= 0.3 is 0 Å². The molecule has 0 N–H and O–H groups in total. The quantitative estimate of drug-likeness (QED) is 0.484. The number of benzene rings is 2. The number of amidine groups is 1. The van der Waals surface area contributed by atoms with Crippen LogP contribution in [-0.2, 0) is 0 Å². The summed E-state index contributed by atoms with van der Waals surface area (Å²) in [6.45, 7) is 15.4. The Morgan fingerprint density at radius 3 is 1.72 bits per heavy atom. The second kappa shape index (κ2) is 7.67. The van der Waals surface area contributed by atoms with Crippen molar-refractivity contribution in [3.05, 3.63) is 63.2 Å². The van der Waals surface area contributed by atoms with Crippen LogP contribution in [0, 0.1) is 41.5 Å². The summed E-state index contributed by atoms with van der Waals surface area (Å²) in [5.74, 6) is 1.33. The molecule has 0 atom stereocenters. The van der Waals surface area contributed by atoms with Gasteiger partial charge in [0.25, 0.3) is 5.84 Å². The van der Waals surface area contributed by atoms with Crippen LogP contribution in [0.4, 0.5) is 5.69 Å². The smallest absolute Gasteiger partial charge is 0.293 e. The van der Waals surface area contributed by atoms with Gasteiger partial charge in [0, 0.05) is 0 Å². The molecule has 2 aromatic carbocycles. The molecule has 4 heteroatoms. The lowest BCUT2D eigenvalue weighted by molar-refractivity contribution is -0.279. The summed E-state index contributed by atoms with van der Waals surface area (Å²) in [5, 5.41) is 0. The summed E-state index contributed by atoms with van der Waals surface area (Å²) in [7, 11) is 0. The second-order valence-electron chi connectivity index (χ2n) is 7.08. The summed E-state index contributed by atoms with van der Waals surface area (Å²) in [4.78, 5) is 2.52. The average Bonchev–Trinajstić information content (AvgIpc) is 2.79. The van der Waals surface area contributed by atoms with Gasteiger partial charge in [0.1, 0.15) is 18.8 Å². The summed E-state index contributed by atoms with van der Waals surface area (Å²) in [5.41, 5.74) is 10.9. The molecule has 1 aliphatic heterocycles. The zero-order chi connectivity index (χ0) is 17.6. The number of nitrogens with zero attached hydrogens (tertiary/aromatic N) is 2. The van der Waals surface area contributed by atoms with Crippen molar-refractivity contribution in [3.8, 4) is 0 Å². The van der Waals surface area contributed by atoms with E-state index in [2.05, 4.69) is 96.4 Å². The number of aryl methyl sites for hydroxylation is 6. The van der Waals surface area contributed by atoms with Crippen LogP contribution in [0.2, 0.25) is 0 Å². The summed E-state index contributed by atoms with van der Waals surface area (Å²) in [6, 6.07) is 9.19. The molecule has 25 heavy (non-hydrogen) atoms. The highest BCUT2D eigenvalue weighted by atomic mass is 127. The van der Waals surface area contributed by atoms with Crippen LogP contribution in [0.3, 0.4) is 0 Å². The number of halogens is 2. The lowest BCUT2D eigenvalue weighted by Crippen LogP contribution is -3.00. The molecule has 0 radical (unpaired) electrons. The molecule has 0 bridgehead atoms. The van der Waals surface area contributed by atoms with Crippen molar-refractivity contribution in [3.63, 3.8) is 0 Å². The SMILES string of the molecule is Cc1cc(C)c(C2=[N+](I)CCN2c2c(C)cc(C)cc2C)c(C)c1.[Cl-]. The topological polar surface area (TPSA) is 6.25 Å². The Kier molecular flexibility index (Phi) is 6.21. The third kappa shape index (κ3) is 3.72. The number of rotatable bonds is 2. The predicted octanol–water partition coefficient (Wildman–Crippen LogP) is 2.17. The largest absolute Gasteiger partial charge is 1.00 e. The maximum Gasteiger partial charge on any atom is 0.293 e. The summed E-state index contributed by atoms with van der Waals surface area (Å²) in [6.07, 6.45) is 0. The molecule has 1 heterocycles. The van der Waals surface area contributed by atoms with Gasteiger partial charge < -0.3 is 12.4 Å². The predicted molar refractivity (Wildman–Crippen MR) is 112 cm³/mol. The zero-order valence-electron chi connectivity index (χ0n) is 15.9. The maximum atomic E-state index is 2.52. The monoisotopic (exact) mass is 468 g/mol. The fourth-order valence-electron chi connectivity index (χ4n) is 4.14. The second-order valence-corrected chi connectivity index (χ2v) is 8.25. The molecular formula is C21H26ClIN2. The molecule has 1 aliphatic rings. The Labute approximate surface area is 171 Å². The molecule has 2 aromatic rings. The van der Waals surface area contributed by atoms with E-state index >= 15 is 0 Å². The van der Waals surface area contributed by atoms with Crippen molar-refractivity contribution in [1.82, 2.24) is 0 Å². The molecule has 3 rings (SSSR count). The van der Waals surface area contributed by atoms with E-state index in [1.807, 2.05) is 0 Å². The van der Waals surface area contributed by atoms with Gasteiger partial charge in [0.2, 0.25) is 22.9 Å². The first kappa shape index (κ1) is 20.2. The van der Waals surface area contributed by atoms with Gasteiger partial charge in [-0.2, -0.15) is 2.79 Å². The fourth-order valence-corrected chi connectivity index (χ4v) is 4.85. The maximum absolute atomic E-state index is 2.52. The Bertz CT molecular complexity index is 809. The van der Waals surface area contributed by atoms with E-state index in [1.165, 1.54) is 50.5 Å². The normalized spacial score (nSPS) is 14.1. The number of hydrogen-bond donors (Lipinski definition) is 0. The van der Waals surface area contributed by atoms with E-state index in [1.54, 1.807) is 0 Å². The van der Waals surface area contributed by atoms with Crippen molar-refractivity contribution in [2.45, 2.75) is 41.5 Å². The van der Waals surface area contributed by atoms with E-state index in [4.69, 9.17) is 0 Å². The van der Waals surface area contributed by atoms with Gasteiger partial charge in [0.15, 0.2) is 0 Å². The van der Waals surface area contributed by atoms with Gasteiger partial charge in [-0.25, -0.2) is 4.90 Å². The minimum Gasteiger partial charge on any atom is -1.00 e. The van der Waals surface area contributed by atoms with E-state index < -0.39 is 0 Å². The van der Waals surface area contributed by atoms with E-state index in [0.29, 0.717) is 0 Å². The van der Waals surface area contributed by atoms with Crippen molar-refractivity contribution >= 4 is 34.4 Å². The lowest BCUT2D eigenvalue weighted by Gasteiger charge is -2.20. The lowest BCUT2D eigenvalue weighted by atomic mass is 9.97. The van der Waals surface area contributed by atoms with Crippen LogP contribution < -0.4 is 17.3 Å². The van der Waals surface area contributed by atoms with Crippen LogP contribution in [0.15, 0.2) is 24.3 Å². The van der Waals surface area contributed by atoms with Crippen LogP contribution in [-0.4, -0.2) is 21.7 Å². The summed E-state index contributed by atoms with van der Waals surface area (Å²) >= 11 is 2.47. The molecule has 134 valence electrons. The Morgan fingerprint density at radius 1 is 0.800 bits per heavy atom. The van der Waals surface area contributed by atoms with Gasteiger partial charge in [-0.1, -0.05) is 35.4 Å². The molecular weight excluding hydrogens is 443 g/mol. The molecule has 0 fully saturated rings. The fraction of sp³-hybridized carbons (Fsp3) is 0.381. The first-order chi connectivity index (χ1) is 11.3. The third-order valence-electron chi connectivity index (χ3n) is 4.81. The van der Waals surface area contributed by atoms with Crippen LogP contribution in [0.25, 0.3) is 0 Å². The van der Waals surface area contributed by atoms with Crippen molar-refractivity contribution in [1.29, 1.82) is 0 Å². The molecule has 0 unspecified atom stereocenters. The third-order valence-corrected chi connectivity index (χ3v) is 5.75. The molecule has 0 aromatic heterocycles. The van der Waals surface area contributed by atoms with E-state index in [9.17, 15) is 0 Å². The summed E-state index contributed by atoms with van der Waals surface area (Å²) < 4.78 is 2.38. The Morgan fingerprint density at radius 2 is 1.24 bits per heavy atom. The minimum absolute atomic E-state index is 0. The Hall–Kier alpha value is -1.07. The number of hydrogen-bond acceptors (Lipinski definition) is 1. The first-order valence-electron chi connectivity index (χ1n) is 8.53. The molecule has 0 saturated heterocycles. The van der Waals surface area contributed by atoms with Gasteiger partial charge in [-0.15, -0.1) is 0 Å². The van der Waals surface area contributed by atoms with Gasteiger partial charge in [0.05, 0.1) is 5.56 Å². The molecule has 2 nitrogen and oxygen atoms in total. The molecule has 0 aliphatic carbocycles. The molecule has 0 spiro atoms. The zero-order valence-corrected chi connectivity index (χ0v) is 18.8. The van der Waals surface area contributed by atoms with Crippen LogP contribution >= 0.6 is 22.9 Å². The average molecular weight is 469 g/mol. The standard InChI is InChI=1S/C21H26IN2.ClH/c1-13-9-15(3)19(16(4)10-13)21-23(7-8-24(21)22)20-17(5)11-14(2)12-18(20)6;/h9-12H,7-8H2,1-6H3;1H/q+1;/p-1. The minimum atomic E-state index is 0. The molecule has 0 saturated carbocycles. The van der Waals surface area contributed by atoms with Gasteiger partial charge in [-0.05, 0) is 63.8 Å².